The average Bonchev–Trinajstić information content (AvgIpc) is 3.04. The van der Waals surface area contributed by atoms with Crippen molar-refractivity contribution in [2.24, 2.45) is 0 Å². The maximum Gasteiger partial charge on any atom is 0.118 e. The van der Waals surface area contributed by atoms with Gasteiger partial charge in [-0.25, -0.2) is 0 Å². The molecule has 5 heteroatoms. The van der Waals surface area contributed by atoms with Gasteiger partial charge in [-0.3, -0.25) is 0 Å². The molecule has 3 rings (SSSR count). The number of hydrogen-bond acceptors (Lipinski definition) is 3. The first-order valence-electron chi connectivity index (χ1n) is 8.29. The molecule has 0 saturated carbocycles. The van der Waals surface area contributed by atoms with Gasteiger partial charge >= 0.3 is 0 Å². The number of halogens is 1. The number of aromatic nitrogens is 1. The quantitative estimate of drug-likeness (QED) is 0.576. The van der Waals surface area contributed by atoms with E-state index in [9.17, 15) is 5.11 Å². The smallest absolute Gasteiger partial charge is 0.118 e. The van der Waals surface area contributed by atoms with Crippen molar-refractivity contribution in [1.29, 1.82) is 0 Å². The first kappa shape index (κ1) is 18.0. The van der Waals surface area contributed by atoms with Gasteiger partial charge in [0, 0.05) is 34.1 Å². The van der Waals surface area contributed by atoms with Crippen molar-refractivity contribution in [3.8, 4) is 5.75 Å². The van der Waals surface area contributed by atoms with E-state index in [0.29, 0.717) is 19.6 Å². The van der Waals surface area contributed by atoms with Crippen LogP contribution in [-0.4, -0.2) is 30.4 Å². The molecule has 0 radical (unpaired) electrons. The number of methoxy groups -OCH3 is 1. The summed E-state index contributed by atoms with van der Waals surface area (Å²) < 4.78 is 12.1. The average molecular weight is 404 g/mol. The van der Waals surface area contributed by atoms with Crippen LogP contribution in [0.2, 0.25) is 0 Å². The molecule has 0 aliphatic carbocycles. The van der Waals surface area contributed by atoms with E-state index in [1.54, 1.807) is 7.11 Å². The zero-order chi connectivity index (χ0) is 17.6. The van der Waals surface area contributed by atoms with Crippen molar-refractivity contribution in [1.82, 2.24) is 4.98 Å². The van der Waals surface area contributed by atoms with Gasteiger partial charge in [-0.05, 0) is 47.9 Å². The summed E-state index contributed by atoms with van der Waals surface area (Å²) in [5.74, 6) is 0.984. The highest BCUT2D eigenvalue weighted by molar-refractivity contribution is 9.10. The first-order valence-corrected chi connectivity index (χ1v) is 9.08. The predicted molar refractivity (Wildman–Crippen MR) is 103 cm³/mol. The maximum absolute atomic E-state index is 9.45. The molecule has 25 heavy (non-hydrogen) atoms. The fourth-order valence-electron chi connectivity index (χ4n) is 2.98. The minimum absolute atomic E-state index is 0.136. The van der Waals surface area contributed by atoms with Crippen LogP contribution in [0.5, 0.6) is 5.75 Å². The van der Waals surface area contributed by atoms with E-state index in [1.807, 2.05) is 36.5 Å². The summed E-state index contributed by atoms with van der Waals surface area (Å²) in [4.78, 5) is 3.30. The fourth-order valence-corrected chi connectivity index (χ4v) is 3.34. The molecule has 1 aromatic heterocycles. The van der Waals surface area contributed by atoms with Gasteiger partial charge in [0.05, 0.1) is 20.3 Å². The number of aliphatic hydroxyl groups is 1. The van der Waals surface area contributed by atoms with Crippen LogP contribution >= 0.6 is 15.9 Å². The molecule has 1 atom stereocenters. The minimum atomic E-state index is 0.136. The Morgan fingerprint density at radius 3 is 2.68 bits per heavy atom. The molecular weight excluding hydrogens is 382 g/mol. The Bertz CT molecular complexity index is 813. The molecule has 0 spiro atoms. The van der Waals surface area contributed by atoms with E-state index in [4.69, 9.17) is 9.47 Å². The van der Waals surface area contributed by atoms with Crippen LogP contribution in [0.25, 0.3) is 10.9 Å². The zero-order valence-corrected chi connectivity index (χ0v) is 15.8. The Balaban J connectivity index is 1.69. The molecular formula is C20H22BrNO3. The van der Waals surface area contributed by atoms with Gasteiger partial charge < -0.3 is 19.6 Å². The lowest BCUT2D eigenvalue weighted by molar-refractivity contribution is 0.0991. The van der Waals surface area contributed by atoms with E-state index >= 15 is 0 Å². The lowest BCUT2D eigenvalue weighted by Crippen LogP contribution is -2.09. The minimum Gasteiger partial charge on any atom is -0.497 e. The van der Waals surface area contributed by atoms with E-state index in [-0.39, 0.29) is 12.5 Å². The number of aliphatic hydroxyl groups excluding tert-OH is 1. The highest BCUT2D eigenvalue weighted by Crippen LogP contribution is 2.30. The van der Waals surface area contributed by atoms with Gasteiger partial charge in [-0.1, -0.05) is 28.1 Å². The molecule has 2 aromatic carbocycles. The molecule has 0 unspecified atom stereocenters. The highest BCUT2D eigenvalue weighted by Gasteiger charge is 2.16. The Morgan fingerprint density at radius 1 is 1.16 bits per heavy atom. The number of benzene rings is 2. The summed E-state index contributed by atoms with van der Waals surface area (Å²) in [6, 6.07) is 14.0. The van der Waals surface area contributed by atoms with Gasteiger partial charge in [0.1, 0.15) is 5.75 Å². The summed E-state index contributed by atoms with van der Waals surface area (Å²) in [7, 11) is 1.66. The van der Waals surface area contributed by atoms with Crippen molar-refractivity contribution in [3.05, 3.63) is 64.3 Å². The third kappa shape index (κ3) is 4.42. The monoisotopic (exact) mass is 403 g/mol. The van der Waals surface area contributed by atoms with E-state index in [1.165, 1.54) is 10.9 Å². The van der Waals surface area contributed by atoms with Crippen molar-refractivity contribution in [2.75, 3.05) is 20.3 Å². The summed E-state index contributed by atoms with van der Waals surface area (Å²) >= 11 is 3.53. The van der Waals surface area contributed by atoms with Crippen LogP contribution in [0.4, 0.5) is 0 Å². The zero-order valence-electron chi connectivity index (χ0n) is 14.2. The molecule has 3 aromatic rings. The van der Waals surface area contributed by atoms with Gasteiger partial charge in [-0.2, -0.15) is 0 Å². The van der Waals surface area contributed by atoms with E-state index < -0.39 is 0 Å². The van der Waals surface area contributed by atoms with Crippen molar-refractivity contribution >= 4 is 26.8 Å². The first-order chi connectivity index (χ1) is 12.2. The van der Waals surface area contributed by atoms with Crippen LogP contribution in [0, 0.1) is 0 Å². The normalized spacial score (nSPS) is 12.4. The van der Waals surface area contributed by atoms with Crippen LogP contribution in [-0.2, 0) is 11.3 Å². The van der Waals surface area contributed by atoms with Gasteiger partial charge in [0.25, 0.3) is 0 Å². The number of nitrogens with one attached hydrogen (secondary N) is 1. The molecule has 2 N–H and O–H groups in total. The largest absolute Gasteiger partial charge is 0.497 e. The predicted octanol–water partition coefficient (Wildman–Crippen LogP) is 4.62. The number of rotatable bonds is 8. The van der Waals surface area contributed by atoms with Crippen LogP contribution < -0.4 is 4.74 Å². The van der Waals surface area contributed by atoms with Crippen LogP contribution in [0.3, 0.4) is 0 Å². The van der Waals surface area contributed by atoms with Crippen molar-refractivity contribution in [3.63, 3.8) is 0 Å². The van der Waals surface area contributed by atoms with Crippen LogP contribution in [0.15, 0.2) is 53.1 Å². The van der Waals surface area contributed by atoms with E-state index in [2.05, 4.69) is 33.0 Å². The number of hydrogen-bond donors (Lipinski definition) is 2. The second-order valence-corrected chi connectivity index (χ2v) is 6.92. The van der Waals surface area contributed by atoms with Gasteiger partial charge in [-0.15, -0.1) is 0 Å². The number of fused-ring (bicyclic) bond motifs is 1. The molecule has 1 heterocycles. The van der Waals surface area contributed by atoms with Gasteiger partial charge in [0.15, 0.2) is 0 Å². The standard InChI is InChI=1S/C20H22BrNO3/c1-24-17-5-2-14(3-6-17)12-25-13-15(8-9-23)19-11-22-20-7-4-16(21)10-18(19)20/h2-7,10-11,15,22-23H,8-9,12-13H2,1H3/t15-/m0/s1. The SMILES string of the molecule is COc1ccc(COC[C@H](CCO)c2c[nH]c3ccc(Br)cc23)cc1. The Hall–Kier alpha value is -1.82. The molecule has 0 bridgehead atoms. The lowest BCUT2D eigenvalue weighted by atomic mass is 9.96. The molecule has 0 amide bonds. The summed E-state index contributed by atoms with van der Waals surface area (Å²) in [6.45, 7) is 1.24. The molecule has 0 saturated heterocycles. The topological polar surface area (TPSA) is 54.5 Å². The van der Waals surface area contributed by atoms with Crippen molar-refractivity contribution < 1.29 is 14.6 Å². The molecule has 4 nitrogen and oxygen atoms in total. The molecule has 0 aliphatic heterocycles. The summed E-state index contributed by atoms with van der Waals surface area (Å²) in [5, 5.41) is 10.6. The number of H-pyrrole nitrogens is 1. The fraction of sp³-hybridized carbons (Fsp3) is 0.300. The maximum atomic E-state index is 9.45. The number of aromatic amines is 1. The van der Waals surface area contributed by atoms with Crippen molar-refractivity contribution in [2.45, 2.75) is 18.9 Å². The second kappa shape index (κ2) is 8.52. The Labute approximate surface area is 155 Å². The lowest BCUT2D eigenvalue weighted by Gasteiger charge is -2.16. The number of ether oxygens (including phenoxy) is 2. The highest BCUT2D eigenvalue weighted by atomic mass is 79.9. The summed E-state index contributed by atoms with van der Waals surface area (Å²) in [6.07, 6.45) is 2.69. The Kier molecular flexibility index (Phi) is 6.13. The van der Waals surface area contributed by atoms with Gasteiger partial charge in [0.2, 0.25) is 0 Å². The Morgan fingerprint density at radius 2 is 1.96 bits per heavy atom. The molecule has 0 fully saturated rings. The van der Waals surface area contributed by atoms with Crippen LogP contribution in [0.1, 0.15) is 23.5 Å². The molecule has 132 valence electrons. The van der Waals surface area contributed by atoms with E-state index in [0.717, 1.165) is 21.3 Å². The second-order valence-electron chi connectivity index (χ2n) is 6.01. The third-order valence-electron chi connectivity index (χ3n) is 4.34. The molecule has 0 aliphatic rings. The third-order valence-corrected chi connectivity index (χ3v) is 4.83. The summed E-state index contributed by atoms with van der Waals surface area (Å²) in [5.41, 5.74) is 3.38.